The highest BCUT2D eigenvalue weighted by Crippen LogP contribution is 2.16. The number of amides is 1. The third-order valence-corrected chi connectivity index (χ3v) is 4.80. The molecular weight excluding hydrogens is 327 g/mol. The fourth-order valence-corrected chi connectivity index (χ4v) is 3.40. The van der Waals surface area contributed by atoms with Crippen LogP contribution in [0.15, 0.2) is 46.6 Å². The van der Waals surface area contributed by atoms with Gasteiger partial charge in [-0.05, 0) is 36.9 Å². The minimum Gasteiger partial charge on any atom is -0.354 e. The maximum absolute atomic E-state index is 14.2. The molecule has 124 valence electrons. The Morgan fingerprint density at radius 1 is 1.29 bits per heavy atom. The van der Waals surface area contributed by atoms with Gasteiger partial charge >= 0.3 is 0 Å². The van der Waals surface area contributed by atoms with Crippen molar-refractivity contribution in [2.45, 2.75) is 19.9 Å². The fraction of sp³-hybridized carbons (Fsp3) is 0.222. The fourth-order valence-electron chi connectivity index (χ4n) is 2.69. The molecular formula is C18H17FN2O2S. The van der Waals surface area contributed by atoms with Crippen LogP contribution < -0.4 is 10.7 Å². The van der Waals surface area contributed by atoms with Crippen LogP contribution in [-0.4, -0.2) is 17.0 Å². The van der Waals surface area contributed by atoms with Crippen LogP contribution in [0.25, 0.3) is 10.9 Å². The molecule has 1 aromatic carbocycles. The first-order valence-electron chi connectivity index (χ1n) is 7.64. The number of aryl methyl sites for hydroxylation is 1. The van der Waals surface area contributed by atoms with Crippen LogP contribution in [0.1, 0.15) is 10.6 Å². The van der Waals surface area contributed by atoms with Gasteiger partial charge in [-0.2, -0.15) is 0 Å². The van der Waals surface area contributed by atoms with Crippen LogP contribution >= 0.6 is 11.3 Å². The van der Waals surface area contributed by atoms with Gasteiger partial charge in [-0.1, -0.05) is 12.1 Å². The number of fused-ring (bicyclic) bond motifs is 1. The van der Waals surface area contributed by atoms with Gasteiger partial charge in [0, 0.05) is 28.6 Å². The summed E-state index contributed by atoms with van der Waals surface area (Å²) in [7, 11) is 0. The molecule has 0 saturated heterocycles. The van der Waals surface area contributed by atoms with E-state index in [9.17, 15) is 14.0 Å². The van der Waals surface area contributed by atoms with Crippen LogP contribution in [-0.2, 0) is 17.8 Å². The average molecular weight is 344 g/mol. The third-order valence-electron chi connectivity index (χ3n) is 3.86. The normalized spacial score (nSPS) is 10.9. The Kier molecular flexibility index (Phi) is 4.76. The van der Waals surface area contributed by atoms with E-state index < -0.39 is 5.82 Å². The van der Waals surface area contributed by atoms with E-state index in [1.807, 2.05) is 17.5 Å². The summed E-state index contributed by atoms with van der Waals surface area (Å²) < 4.78 is 15.8. The van der Waals surface area contributed by atoms with E-state index in [1.165, 1.54) is 23.1 Å². The van der Waals surface area contributed by atoms with Gasteiger partial charge in [0.1, 0.15) is 12.4 Å². The molecule has 3 aromatic rings. The van der Waals surface area contributed by atoms with Crippen molar-refractivity contribution >= 4 is 28.1 Å². The smallest absolute Gasteiger partial charge is 0.239 e. The highest BCUT2D eigenvalue weighted by Gasteiger charge is 2.13. The summed E-state index contributed by atoms with van der Waals surface area (Å²) in [5, 5.41) is 5.12. The van der Waals surface area contributed by atoms with Gasteiger partial charge in [0.25, 0.3) is 0 Å². The van der Waals surface area contributed by atoms with Crippen molar-refractivity contribution in [1.29, 1.82) is 0 Å². The number of rotatable bonds is 5. The van der Waals surface area contributed by atoms with Crippen molar-refractivity contribution in [3.8, 4) is 0 Å². The second-order valence-electron chi connectivity index (χ2n) is 5.55. The number of hydrogen-bond donors (Lipinski definition) is 1. The number of para-hydroxylation sites is 1. The molecule has 2 aromatic heterocycles. The van der Waals surface area contributed by atoms with Gasteiger partial charge in [0.2, 0.25) is 5.91 Å². The number of carbonyl (C=O) groups is 1. The number of thiophene rings is 1. The standard InChI is InChI=1S/C18H17FN2O2S/c1-12-10-16(22)14-5-2-6-15(19)18(14)21(12)11-17(23)20-8-7-13-4-3-9-24-13/h2-6,9-10H,7-8,11H2,1H3,(H,20,23). The van der Waals surface area contributed by atoms with Gasteiger partial charge < -0.3 is 9.88 Å². The summed E-state index contributed by atoms with van der Waals surface area (Å²) in [6.07, 6.45) is 0.766. The van der Waals surface area contributed by atoms with Crippen LogP contribution in [0.4, 0.5) is 4.39 Å². The summed E-state index contributed by atoms with van der Waals surface area (Å²) in [6, 6.07) is 9.80. The highest BCUT2D eigenvalue weighted by molar-refractivity contribution is 7.09. The van der Waals surface area contributed by atoms with Gasteiger partial charge in [0.05, 0.1) is 5.52 Å². The Morgan fingerprint density at radius 2 is 2.12 bits per heavy atom. The highest BCUT2D eigenvalue weighted by atomic mass is 32.1. The lowest BCUT2D eigenvalue weighted by Gasteiger charge is -2.15. The summed E-state index contributed by atoms with van der Waals surface area (Å²) in [5.74, 6) is -0.706. The zero-order chi connectivity index (χ0) is 17.1. The molecule has 0 fully saturated rings. The molecule has 2 heterocycles. The van der Waals surface area contributed by atoms with E-state index in [0.29, 0.717) is 12.2 Å². The molecule has 0 radical (unpaired) electrons. The number of nitrogens with one attached hydrogen (secondary N) is 1. The topological polar surface area (TPSA) is 51.1 Å². The molecule has 24 heavy (non-hydrogen) atoms. The van der Waals surface area contributed by atoms with Gasteiger partial charge in [-0.15, -0.1) is 11.3 Å². The van der Waals surface area contributed by atoms with E-state index in [-0.39, 0.29) is 28.8 Å². The van der Waals surface area contributed by atoms with Crippen molar-refractivity contribution in [3.05, 3.63) is 68.4 Å². The molecule has 4 nitrogen and oxygen atoms in total. The molecule has 0 atom stereocenters. The second-order valence-corrected chi connectivity index (χ2v) is 6.58. The molecule has 0 unspecified atom stereocenters. The van der Waals surface area contributed by atoms with E-state index in [1.54, 1.807) is 28.9 Å². The Morgan fingerprint density at radius 3 is 2.88 bits per heavy atom. The Bertz CT molecular complexity index is 932. The summed E-state index contributed by atoms with van der Waals surface area (Å²) in [4.78, 5) is 25.4. The average Bonchev–Trinajstić information content (AvgIpc) is 3.05. The Labute approximate surface area is 142 Å². The molecule has 0 aliphatic heterocycles. The van der Waals surface area contributed by atoms with Crippen molar-refractivity contribution in [2.24, 2.45) is 0 Å². The van der Waals surface area contributed by atoms with E-state index >= 15 is 0 Å². The number of aromatic nitrogens is 1. The number of benzene rings is 1. The maximum Gasteiger partial charge on any atom is 0.239 e. The van der Waals surface area contributed by atoms with Gasteiger partial charge in [0.15, 0.2) is 5.43 Å². The molecule has 6 heteroatoms. The molecule has 1 N–H and O–H groups in total. The molecule has 0 saturated carbocycles. The molecule has 0 spiro atoms. The zero-order valence-corrected chi connectivity index (χ0v) is 14.0. The lowest BCUT2D eigenvalue weighted by molar-refractivity contribution is -0.121. The summed E-state index contributed by atoms with van der Waals surface area (Å²) in [6.45, 7) is 2.21. The minimum atomic E-state index is -0.500. The minimum absolute atomic E-state index is 0.0199. The molecule has 1 amide bonds. The van der Waals surface area contributed by atoms with Crippen molar-refractivity contribution < 1.29 is 9.18 Å². The quantitative estimate of drug-likeness (QED) is 0.774. The van der Waals surface area contributed by atoms with Crippen LogP contribution in [0.3, 0.4) is 0 Å². The molecule has 3 rings (SSSR count). The maximum atomic E-state index is 14.2. The predicted molar refractivity (Wildman–Crippen MR) is 93.9 cm³/mol. The monoisotopic (exact) mass is 344 g/mol. The van der Waals surface area contributed by atoms with Crippen molar-refractivity contribution in [1.82, 2.24) is 9.88 Å². The number of halogens is 1. The van der Waals surface area contributed by atoms with Crippen LogP contribution in [0.2, 0.25) is 0 Å². The summed E-state index contributed by atoms with van der Waals surface area (Å²) >= 11 is 1.65. The lowest BCUT2D eigenvalue weighted by atomic mass is 10.1. The zero-order valence-electron chi connectivity index (χ0n) is 13.2. The van der Waals surface area contributed by atoms with Crippen LogP contribution in [0, 0.1) is 12.7 Å². The second kappa shape index (κ2) is 6.97. The Balaban J connectivity index is 1.79. The number of pyridine rings is 1. The van der Waals surface area contributed by atoms with Gasteiger partial charge in [-0.3, -0.25) is 9.59 Å². The number of hydrogen-bond acceptors (Lipinski definition) is 3. The molecule has 0 aliphatic rings. The first-order valence-corrected chi connectivity index (χ1v) is 8.52. The van der Waals surface area contributed by atoms with E-state index in [0.717, 1.165) is 6.42 Å². The Hall–Kier alpha value is -2.47. The van der Waals surface area contributed by atoms with Crippen LogP contribution in [0.5, 0.6) is 0 Å². The third kappa shape index (κ3) is 3.38. The largest absolute Gasteiger partial charge is 0.354 e. The van der Waals surface area contributed by atoms with E-state index in [4.69, 9.17) is 0 Å². The van der Waals surface area contributed by atoms with Crippen molar-refractivity contribution in [2.75, 3.05) is 6.54 Å². The first-order chi connectivity index (χ1) is 11.6. The molecule has 0 bridgehead atoms. The van der Waals surface area contributed by atoms with Gasteiger partial charge in [-0.25, -0.2) is 4.39 Å². The molecule has 0 aliphatic carbocycles. The van der Waals surface area contributed by atoms with E-state index in [2.05, 4.69) is 5.32 Å². The summed E-state index contributed by atoms with van der Waals surface area (Å²) in [5.41, 5.74) is 0.498. The SMILES string of the molecule is Cc1cc(=O)c2cccc(F)c2n1CC(=O)NCCc1cccs1. The lowest BCUT2D eigenvalue weighted by Crippen LogP contribution is -2.30. The van der Waals surface area contributed by atoms with Crippen molar-refractivity contribution in [3.63, 3.8) is 0 Å². The predicted octanol–water partition coefficient (Wildman–Crippen LogP) is 2.87. The first kappa shape index (κ1) is 16.4. The number of nitrogens with zero attached hydrogens (tertiary/aromatic N) is 1. The number of carbonyl (C=O) groups excluding carboxylic acids is 1.